The van der Waals surface area contributed by atoms with Crippen LogP contribution in [-0.4, -0.2) is 17.4 Å². The van der Waals surface area contributed by atoms with Crippen LogP contribution in [0.15, 0.2) is 18.2 Å². The van der Waals surface area contributed by atoms with Crippen LogP contribution in [-0.2, 0) is 4.84 Å². The number of hydroxylamine groups is 1. The highest BCUT2D eigenvalue weighted by Gasteiger charge is 2.13. The van der Waals surface area contributed by atoms with Gasteiger partial charge in [-0.05, 0) is 26.0 Å². The first-order valence-corrected chi connectivity index (χ1v) is 4.73. The average Bonchev–Trinajstić information content (AvgIpc) is 2.25. The Balaban J connectivity index is 2.88. The molecule has 1 N–H and O–H groups in total. The summed E-state index contributed by atoms with van der Waals surface area (Å²) in [6, 6.07) is 4.14. The summed E-state index contributed by atoms with van der Waals surface area (Å²) in [7, 11) is 0. The second kappa shape index (κ2) is 5.22. The molecule has 0 spiro atoms. The van der Waals surface area contributed by atoms with E-state index in [0.29, 0.717) is 17.7 Å². The van der Waals surface area contributed by atoms with Gasteiger partial charge in [-0.3, -0.25) is 19.7 Å². The number of nitro groups is 1. The van der Waals surface area contributed by atoms with Crippen LogP contribution in [0.5, 0.6) is 0 Å². The third-order valence-electron chi connectivity index (χ3n) is 1.96. The van der Waals surface area contributed by atoms with E-state index in [1.807, 2.05) is 0 Å². The first kappa shape index (κ1) is 12.1. The topological polar surface area (TPSA) is 81.5 Å². The fourth-order valence-electron chi connectivity index (χ4n) is 1.20. The van der Waals surface area contributed by atoms with Gasteiger partial charge in [0.25, 0.3) is 11.6 Å². The van der Waals surface area contributed by atoms with Crippen LogP contribution >= 0.6 is 0 Å². The maximum atomic E-state index is 11.4. The van der Waals surface area contributed by atoms with Crippen molar-refractivity contribution in [2.75, 3.05) is 6.61 Å². The second-order valence-corrected chi connectivity index (χ2v) is 3.12. The van der Waals surface area contributed by atoms with Crippen LogP contribution in [0.25, 0.3) is 0 Å². The molecule has 0 aliphatic heterocycles. The highest BCUT2D eigenvalue weighted by atomic mass is 16.6. The molecule has 0 saturated carbocycles. The van der Waals surface area contributed by atoms with Gasteiger partial charge in [0.2, 0.25) is 0 Å². The Kier molecular flexibility index (Phi) is 3.96. The quantitative estimate of drug-likeness (QED) is 0.621. The lowest BCUT2D eigenvalue weighted by Gasteiger charge is -2.04. The summed E-state index contributed by atoms with van der Waals surface area (Å²) in [6.45, 7) is 3.68. The number of hydrogen-bond acceptors (Lipinski definition) is 4. The lowest BCUT2D eigenvalue weighted by atomic mass is 10.1. The summed E-state index contributed by atoms with van der Waals surface area (Å²) < 4.78 is 0. The summed E-state index contributed by atoms with van der Waals surface area (Å²) in [5.74, 6) is -0.417. The molecule has 0 bridgehead atoms. The Bertz CT molecular complexity index is 417. The molecule has 0 aromatic heterocycles. The molecule has 6 nitrogen and oxygen atoms in total. The monoisotopic (exact) mass is 224 g/mol. The van der Waals surface area contributed by atoms with Crippen molar-refractivity contribution in [2.45, 2.75) is 13.8 Å². The smallest absolute Gasteiger partial charge is 0.274 e. The predicted octanol–water partition coefficient (Wildman–Crippen LogP) is 1.58. The van der Waals surface area contributed by atoms with E-state index >= 15 is 0 Å². The number of nitrogens with one attached hydrogen (secondary N) is 1. The van der Waals surface area contributed by atoms with Crippen LogP contribution in [0.1, 0.15) is 22.8 Å². The summed E-state index contributed by atoms with van der Waals surface area (Å²) in [4.78, 5) is 26.2. The molecule has 16 heavy (non-hydrogen) atoms. The van der Waals surface area contributed by atoms with Gasteiger partial charge < -0.3 is 0 Å². The van der Waals surface area contributed by atoms with Crippen molar-refractivity contribution in [3.05, 3.63) is 39.4 Å². The summed E-state index contributed by atoms with van der Waals surface area (Å²) >= 11 is 0. The summed E-state index contributed by atoms with van der Waals surface area (Å²) in [5.41, 5.74) is 2.98. The number of rotatable bonds is 4. The first-order valence-electron chi connectivity index (χ1n) is 4.73. The minimum atomic E-state index is -0.487. The largest absolute Gasteiger partial charge is 0.274 e. The Morgan fingerprint density at radius 3 is 2.75 bits per heavy atom. The standard InChI is InChI=1S/C10H12N2O4/c1-3-16-11-10(13)8-4-5-9(12(14)15)7(2)6-8/h4-6H,3H2,1-2H3,(H,11,13). The lowest BCUT2D eigenvalue weighted by molar-refractivity contribution is -0.385. The van der Waals surface area contributed by atoms with E-state index in [-0.39, 0.29) is 5.69 Å². The van der Waals surface area contributed by atoms with Crippen LogP contribution < -0.4 is 5.48 Å². The second-order valence-electron chi connectivity index (χ2n) is 3.12. The zero-order chi connectivity index (χ0) is 12.1. The van der Waals surface area contributed by atoms with E-state index in [0.717, 1.165) is 0 Å². The fraction of sp³-hybridized carbons (Fsp3) is 0.300. The first-order chi connectivity index (χ1) is 7.56. The van der Waals surface area contributed by atoms with Crippen molar-refractivity contribution in [1.29, 1.82) is 0 Å². The summed E-state index contributed by atoms with van der Waals surface area (Å²) in [6.07, 6.45) is 0. The third-order valence-corrected chi connectivity index (χ3v) is 1.96. The van der Waals surface area contributed by atoms with E-state index in [1.165, 1.54) is 18.2 Å². The number of amides is 1. The lowest BCUT2D eigenvalue weighted by Crippen LogP contribution is -2.23. The maximum absolute atomic E-state index is 11.4. The van der Waals surface area contributed by atoms with E-state index in [9.17, 15) is 14.9 Å². The van der Waals surface area contributed by atoms with Gasteiger partial charge in [0, 0.05) is 17.2 Å². The van der Waals surface area contributed by atoms with Gasteiger partial charge in [-0.15, -0.1) is 0 Å². The van der Waals surface area contributed by atoms with Crippen molar-refractivity contribution < 1.29 is 14.6 Å². The SMILES string of the molecule is CCONC(=O)c1ccc([N+](=O)[O-])c(C)c1. The number of aryl methyl sites for hydroxylation is 1. The summed E-state index contributed by atoms with van der Waals surface area (Å²) in [5, 5.41) is 10.6. The van der Waals surface area contributed by atoms with Crippen molar-refractivity contribution >= 4 is 11.6 Å². The van der Waals surface area contributed by atoms with Crippen LogP contribution in [0.4, 0.5) is 5.69 Å². The minimum Gasteiger partial charge on any atom is -0.274 e. The van der Waals surface area contributed by atoms with Gasteiger partial charge in [0.05, 0.1) is 11.5 Å². The fourth-order valence-corrected chi connectivity index (χ4v) is 1.20. The Labute approximate surface area is 92.3 Å². The third kappa shape index (κ3) is 2.77. The zero-order valence-electron chi connectivity index (χ0n) is 9.02. The van der Waals surface area contributed by atoms with Crippen molar-refractivity contribution in [3.63, 3.8) is 0 Å². The number of nitro benzene ring substituents is 1. The van der Waals surface area contributed by atoms with Gasteiger partial charge in [-0.2, -0.15) is 0 Å². The molecule has 0 radical (unpaired) electrons. The molecular weight excluding hydrogens is 212 g/mol. The van der Waals surface area contributed by atoms with E-state index in [4.69, 9.17) is 4.84 Å². The number of hydrogen-bond donors (Lipinski definition) is 1. The Morgan fingerprint density at radius 1 is 1.56 bits per heavy atom. The predicted molar refractivity (Wildman–Crippen MR) is 56.9 cm³/mol. The number of carbonyl (C=O) groups excluding carboxylic acids is 1. The van der Waals surface area contributed by atoms with Crippen molar-refractivity contribution in [3.8, 4) is 0 Å². The van der Waals surface area contributed by atoms with E-state index in [1.54, 1.807) is 13.8 Å². The number of benzene rings is 1. The van der Waals surface area contributed by atoms with Crippen molar-refractivity contribution in [1.82, 2.24) is 5.48 Å². The van der Waals surface area contributed by atoms with Gasteiger partial charge in [-0.25, -0.2) is 5.48 Å². The van der Waals surface area contributed by atoms with E-state index < -0.39 is 10.8 Å². The average molecular weight is 224 g/mol. The molecule has 1 amide bonds. The van der Waals surface area contributed by atoms with Crippen molar-refractivity contribution in [2.24, 2.45) is 0 Å². The van der Waals surface area contributed by atoms with Gasteiger partial charge >= 0.3 is 0 Å². The Hall–Kier alpha value is -1.95. The Morgan fingerprint density at radius 2 is 2.25 bits per heavy atom. The number of carbonyl (C=O) groups is 1. The van der Waals surface area contributed by atoms with Gasteiger partial charge in [0.15, 0.2) is 0 Å². The van der Waals surface area contributed by atoms with Gasteiger partial charge in [0.1, 0.15) is 0 Å². The molecule has 86 valence electrons. The minimum absolute atomic E-state index is 0.00652. The molecule has 1 aromatic rings. The molecule has 0 unspecified atom stereocenters. The molecule has 0 fully saturated rings. The molecule has 0 aliphatic carbocycles. The van der Waals surface area contributed by atoms with Gasteiger partial charge in [-0.1, -0.05) is 0 Å². The molecule has 1 rings (SSSR count). The molecular formula is C10H12N2O4. The normalized spacial score (nSPS) is 9.88. The molecule has 1 aromatic carbocycles. The van der Waals surface area contributed by atoms with Crippen LogP contribution in [0.2, 0.25) is 0 Å². The maximum Gasteiger partial charge on any atom is 0.274 e. The van der Waals surface area contributed by atoms with Crippen LogP contribution in [0.3, 0.4) is 0 Å². The van der Waals surface area contributed by atoms with E-state index in [2.05, 4.69) is 5.48 Å². The number of nitrogens with zero attached hydrogens (tertiary/aromatic N) is 1. The van der Waals surface area contributed by atoms with Crippen LogP contribution in [0, 0.1) is 17.0 Å². The molecule has 0 saturated heterocycles. The molecule has 0 atom stereocenters. The molecule has 6 heteroatoms. The molecule has 0 aliphatic rings. The highest BCUT2D eigenvalue weighted by molar-refractivity contribution is 5.93. The highest BCUT2D eigenvalue weighted by Crippen LogP contribution is 2.18. The molecule has 0 heterocycles. The zero-order valence-corrected chi connectivity index (χ0v) is 9.02.